The van der Waals surface area contributed by atoms with Crippen molar-refractivity contribution in [2.45, 2.75) is 0 Å². The highest BCUT2D eigenvalue weighted by Gasteiger charge is 2.00. The van der Waals surface area contributed by atoms with Gasteiger partial charge in [0.05, 0.1) is 0 Å². The van der Waals surface area contributed by atoms with Gasteiger partial charge in [-0.25, -0.2) is 0 Å². The molecule has 2 N–H and O–H groups in total. The van der Waals surface area contributed by atoms with Gasteiger partial charge < -0.3 is 15.2 Å². The minimum atomic E-state index is 0.256. The third-order valence-electron chi connectivity index (χ3n) is 2.35. The number of hydrogen-bond donors (Lipinski definition) is 1. The highest BCUT2D eigenvalue weighted by Crippen LogP contribution is 2.11. The highest BCUT2D eigenvalue weighted by molar-refractivity contribution is 7.80. The van der Waals surface area contributed by atoms with Crippen LogP contribution in [-0.2, 0) is 0 Å². The lowest BCUT2D eigenvalue weighted by Crippen LogP contribution is -2.12. The maximum absolute atomic E-state index is 5.54. The SMILES string of the molecule is NC(=S)c1cc(OCCOc2ccccc2)ccn1. The van der Waals surface area contributed by atoms with Crippen molar-refractivity contribution in [3.05, 3.63) is 54.4 Å². The van der Waals surface area contributed by atoms with Gasteiger partial charge in [0.1, 0.15) is 35.4 Å². The highest BCUT2D eigenvalue weighted by atomic mass is 32.1. The number of nitrogens with two attached hydrogens (primary N) is 1. The van der Waals surface area contributed by atoms with Gasteiger partial charge >= 0.3 is 0 Å². The molecule has 0 radical (unpaired) electrons. The monoisotopic (exact) mass is 274 g/mol. The minimum Gasteiger partial charge on any atom is -0.490 e. The van der Waals surface area contributed by atoms with Crippen LogP contribution in [0.3, 0.4) is 0 Å². The summed E-state index contributed by atoms with van der Waals surface area (Å²) in [5.74, 6) is 1.50. The molecule has 0 fully saturated rings. The summed E-state index contributed by atoms with van der Waals surface area (Å²) in [6.45, 7) is 0.907. The predicted octanol–water partition coefficient (Wildman–Crippen LogP) is 2.17. The quantitative estimate of drug-likeness (QED) is 0.646. The van der Waals surface area contributed by atoms with Crippen LogP contribution < -0.4 is 15.2 Å². The Bertz CT molecular complexity index is 546. The van der Waals surface area contributed by atoms with Gasteiger partial charge in [0.2, 0.25) is 0 Å². The van der Waals surface area contributed by atoms with Crippen LogP contribution in [0, 0.1) is 0 Å². The van der Waals surface area contributed by atoms with Crippen LogP contribution in [0.5, 0.6) is 11.5 Å². The summed E-state index contributed by atoms with van der Waals surface area (Å²) in [7, 11) is 0. The Hall–Kier alpha value is -2.14. The van der Waals surface area contributed by atoms with E-state index in [4.69, 9.17) is 27.4 Å². The summed E-state index contributed by atoms with van der Waals surface area (Å²) < 4.78 is 11.1. The average molecular weight is 274 g/mol. The molecule has 1 heterocycles. The molecule has 0 saturated carbocycles. The molecular weight excluding hydrogens is 260 g/mol. The van der Waals surface area contributed by atoms with Crippen molar-refractivity contribution in [3.8, 4) is 11.5 Å². The van der Waals surface area contributed by atoms with Crippen molar-refractivity contribution >= 4 is 17.2 Å². The Morgan fingerprint density at radius 3 is 2.42 bits per heavy atom. The second kappa shape index (κ2) is 6.70. The van der Waals surface area contributed by atoms with Gasteiger partial charge in [-0.05, 0) is 18.2 Å². The number of pyridine rings is 1. The summed E-state index contributed by atoms with van der Waals surface area (Å²) in [5, 5.41) is 0. The Labute approximate surface area is 117 Å². The fourth-order valence-corrected chi connectivity index (χ4v) is 1.58. The number of rotatable bonds is 6. The second-order valence-corrected chi connectivity index (χ2v) is 4.19. The van der Waals surface area contributed by atoms with E-state index in [-0.39, 0.29) is 4.99 Å². The molecule has 19 heavy (non-hydrogen) atoms. The van der Waals surface area contributed by atoms with Crippen molar-refractivity contribution in [2.75, 3.05) is 13.2 Å². The normalized spacial score (nSPS) is 9.89. The molecule has 5 heteroatoms. The molecule has 0 aliphatic rings. The van der Waals surface area contributed by atoms with Crippen LogP contribution in [0.25, 0.3) is 0 Å². The zero-order valence-corrected chi connectivity index (χ0v) is 11.1. The molecule has 0 amide bonds. The fourth-order valence-electron chi connectivity index (χ4n) is 1.47. The van der Waals surface area contributed by atoms with Crippen LogP contribution in [0.1, 0.15) is 5.69 Å². The van der Waals surface area contributed by atoms with E-state index in [1.807, 2.05) is 30.3 Å². The summed E-state index contributed by atoms with van der Waals surface area (Å²) >= 11 is 4.86. The molecule has 1 aromatic heterocycles. The molecule has 0 bridgehead atoms. The first-order valence-electron chi connectivity index (χ1n) is 5.82. The molecule has 98 valence electrons. The van der Waals surface area contributed by atoms with Crippen LogP contribution in [0.4, 0.5) is 0 Å². The Morgan fingerprint density at radius 2 is 1.74 bits per heavy atom. The zero-order chi connectivity index (χ0) is 13.5. The summed E-state index contributed by atoms with van der Waals surface area (Å²) in [4.78, 5) is 4.29. The van der Waals surface area contributed by atoms with Crippen LogP contribution >= 0.6 is 12.2 Å². The largest absolute Gasteiger partial charge is 0.490 e. The molecule has 0 aliphatic carbocycles. The summed E-state index contributed by atoms with van der Waals surface area (Å²) in [6.07, 6.45) is 1.61. The van der Waals surface area contributed by atoms with E-state index >= 15 is 0 Å². The molecular formula is C14H14N2O2S. The first-order chi connectivity index (χ1) is 9.25. The number of hydrogen-bond acceptors (Lipinski definition) is 4. The van der Waals surface area contributed by atoms with Crippen molar-refractivity contribution in [1.29, 1.82) is 0 Å². The topological polar surface area (TPSA) is 57.4 Å². The van der Waals surface area contributed by atoms with Crippen molar-refractivity contribution in [1.82, 2.24) is 4.98 Å². The fraction of sp³-hybridized carbons (Fsp3) is 0.143. The molecule has 2 aromatic rings. The van der Waals surface area contributed by atoms with Gasteiger partial charge in [-0.2, -0.15) is 0 Å². The Morgan fingerprint density at radius 1 is 1.05 bits per heavy atom. The second-order valence-electron chi connectivity index (χ2n) is 3.75. The first kappa shape index (κ1) is 13.3. The van der Waals surface area contributed by atoms with E-state index in [9.17, 15) is 0 Å². The molecule has 0 aliphatic heterocycles. The molecule has 0 atom stereocenters. The number of benzene rings is 1. The standard InChI is InChI=1S/C14H14N2O2S/c15-14(19)13-10-12(6-7-16-13)18-9-8-17-11-4-2-1-3-5-11/h1-7,10H,8-9H2,(H2,15,19). The Kier molecular flexibility index (Phi) is 4.69. The van der Waals surface area contributed by atoms with Crippen molar-refractivity contribution in [2.24, 2.45) is 5.73 Å². The number of ether oxygens (including phenoxy) is 2. The predicted molar refractivity (Wildman–Crippen MR) is 77.6 cm³/mol. The van der Waals surface area contributed by atoms with Crippen LogP contribution in [0.15, 0.2) is 48.7 Å². The van der Waals surface area contributed by atoms with Crippen molar-refractivity contribution < 1.29 is 9.47 Å². The molecule has 0 unspecified atom stereocenters. The average Bonchev–Trinajstić information content (AvgIpc) is 2.45. The van der Waals surface area contributed by atoms with Gasteiger partial charge in [0.25, 0.3) is 0 Å². The lowest BCUT2D eigenvalue weighted by molar-refractivity contribution is 0.217. The van der Waals surface area contributed by atoms with E-state index in [1.54, 1.807) is 18.3 Å². The third kappa shape index (κ3) is 4.22. The van der Waals surface area contributed by atoms with Gasteiger partial charge in [0, 0.05) is 12.3 Å². The molecule has 0 saturated heterocycles. The number of thiocarbonyl (C=S) groups is 1. The zero-order valence-electron chi connectivity index (χ0n) is 10.3. The van der Waals surface area contributed by atoms with E-state index in [0.717, 1.165) is 5.75 Å². The smallest absolute Gasteiger partial charge is 0.123 e. The lowest BCUT2D eigenvalue weighted by Gasteiger charge is -2.08. The molecule has 0 spiro atoms. The molecule has 1 aromatic carbocycles. The maximum Gasteiger partial charge on any atom is 0.123 e. The molecule has 2 rings (SSSR count). The van der Waals surface area contributed by atoms with Gasteiger partial charge in [-0.3, -0.25) is 4.98 Å². The number of nitrogens with zero attached hydrogens (tertiary/aromatic N) is 1. The van der Waals surface area contributed by atoms with Crippen molar-refractivity contribution in [3.63, 3.8) is 0 Å². The maximum atomic E-state index is 5.54. The van der Waals surface area contributed by atoms with E-state index in [1.165, 1.54) is 0 Å². The van der Waals surface area contributed by atoms with Crippen LogP contribution in [-0.4, -0.2) is 23.2 Å². The minimum absolute atomic E-state index is 0.256. The van der Waals surface area contributed by atoms with Crippen LogP contribution in [0.2, 0.25) is 0 Å². The van der Waals surface area contributed by atoms with E-state index in [0.29, 0.717) is 24.7 Å². The van der Waals surface area contributed by atoms with E-state index < -0.39 is 0 Å². The summed E-state index contributed by atoms with van der Waals surface area (Å²) in [6, 6.07) is 13.1. The van der Waals surface area contributed by atoms with Gasteiger partial charge in [-0.1, -0.05) is 30.4 Å². The summed E-state index contributed by atoms with van der Waals surface area (Å²) in [5.41, 5.74) is 6.05. The number of aromatic nitrogens is 1. The number of para-hydroxylation sites is 1. The van der Waals surface area contributed by atoms with E-state index in [2.05, 4.69) is 4.98 Å². The van der Waals surface area contributed by atoms with Gasteiger partial charge in [-0.15, -0.1) is 0 Å². The molecule has 4 nitrogen and oxygen atoms in total. The lowest BCUT2D eigenvalue weighted by atomic mass is 10.3. The first-order valence-corrected chi connectivity index (χ1v) is 6.23. The Balaban J connectivity index is 1.80. The third-order valence-corrected chi connectivity index (χ3v) is 2.56. The van der Waals surface area contributed by atoms with Gasteiger partial charge in [0.15, 0.2) is 0 Å².